The lowest BCUT2D eigenvalue weighted by molar-refractivity contribution is 0.213. The summed E-state index contributed by atoms with van der Waals surface area (Å²) in [5.41, 5.74) is 1.23. The van der Waals surface area contributed by atoms with Crippen molar-refractivity contribution in [3.8, 4) is 0 Å². The number of aromatic nitrogens is 2. The van der Waals surface area contributed by atoms with Crippen LogP contribution in [0.15, 0.2) is 12.3 Å². The fourth-order valence-electron chi connectivity index (χ4n) is 1.73. The topological polar surface area (TPSA) is 41.3 Å². The first-order valence-electron chi connectivity index (χ1n) is 6.08. The number of hydrogen-bond donors (Lipinski definition) is 1. The predicted octanol–water partition coefficient (Wildman–Crippen LogP) is 1.40. The molecule has 0 aliphatic heterocycles. The lowest BCUT2D eigenvalue weighted by Crippen LogP contribution is -2.27. The average molecular weight is 225 g/mol. The molecule has 0 aliphatic rings. The molecule has 0 bridgehead atoms. The van der Waals surface area contributed by atoms with Crippen LogP contribution in [-0.4, -0.2) is 39.5 Å². The van der Waals surface area contributed by atoms with Crippen LogP contribution in [0.5, 0.6) is 0 Å². The molecule has 0 amide bonds. The van der Waals surface area contributed by atoms with E-state index in [4.69, 9.17) is 5.11 Å². The molecular formula is C12H23N3O. The van der Waals surface area contributed by atoms with Crippen LogP contribution in [0.4, 0.5) is 0 Å². The Balaban J connectivity index is 2.45. The number of hydrogen-bond acceptors (Lipinski definition) is 3. The first-order valence-corrected chi connectivity index (χ1v) is 6.08. The van der Waals surface area contributed by atoms with Crippen molar-refractivity contribution in [1.29, 1.82) is 0 Å². The predicted molar refractivity (Wildman–Crippen MR) is 65.1 cm³/mol. The molecule has 0 unspecified atom stereocenters. The molecule has 4 nitrogen and oxygen atoms in total. The zero-order chi connectivity index (χ0) is 11.8. The number of aryl methyl sites for hydroxylation is 1. The van der Waals surface area contributed by atoms with Crippen LogP contribution >= 0.6 is 0 Å². The summed E-state index contributed by atoms with van der Waals surface area (Å²) in [4.78, 5) is 2.39. The molecule has 0 atom stereocenters. The van der Waals surface area contributed by atoms with Gasteiger partial charge in [0.1, 0.15) is 0 Å². The van der Waals surface area contributed by atoms with Crippen LogP contribution in [0, 0.1) is 0 Å². The molecule has 0 radical (unpaired) electrons. The molecule has 92 valence electrons. The summed E-state index contributed by atoms with van der Waals surface area (Å²) in [6, 6.07) is 2.05. The fraction of sp³-hybridized carbons (Fsp3) is 0.750. The van der Waals surface area contributed by atoms with Gasteiger partial charge in [-0.15, -0.1) is 0 Å². The van der Waals surface area contributed by atoms with Gasteiger partial charge in [0.25, 0.3) is 0 Å². The van der Waals surface area contributed by atoms with Gasteiger partial charge in [0.15, 0.2) is 0 Å². The van der Waals surface area contributed by atoms with E-state index in [2.05, 4.69) is 23.0 Å². The number of aliphatic hydroxyl groups is 1. The Morgan fingerprint density at radius 2 is 2.12 bits per heavy atom. The van der Waals surface area contributed by atoms with Crippen molar-refractivity contribution in [2.75, 3.05) is 19.7 Å². The van der Waals surface area contributed by atoms with E-state index in [0.717, 1.165) is 26.1 Å². The highest BCUT2D eigenvalue weighted by Crippen LogP contribution is 2.05. The average Bonchev–Trinajstić information content (AvgIpc) is 2.68. The van der Waals surface area contributed by atoms with E-state index in [9.17, 15) is 0 Å². The summed E-state index contributed by atoms with van der Waals surface area (Å²) < 4.78 is 1.91. The number of aliphatic hydroxyl groups excluding tert-OH is 1. The van der Waals surface area contributed by atoms with Gasteiger partial charge < -0.3 is 5.11 Å². The van der Waals surface area contributed by atoms with Crippen LogP contribution in [0.25, 0.3) is 0 Å². The van der Waals surface area contributed by atoms with Crippen LogP contribution in [0.1, 0.15) is 31.9 Å². The van der Waals surface area contributed by atoms with E-state index in [-0.39, 0.29) is 6.61 Å². The van der Waals surface area contributed by atoms with Gasteiger partial charge in [-0.2, -0.15) is 5.10 Å². The zero-order valence-corrected chi connectivity index (χ0v) is 10.4. The van der Waals surface area contributed by atoms with Gasteiger partial charge in [-0.1, -0.05) is 13.3 Å². The van der Waals surface area contributed by atoms with Crippen molar-refractivity contribution in [2.24, 2.45) is 7.05 Å². The maximum absolute atomic E-state index is 8.88. The number of rotatable bonds is 8. The molecule has 0 aromatic carbocycles. The lowest BCUT2D eigenvalue weighted by atomic mass is 10.2. The second-order valence-electron chi connectivity index (χ2n) is 4.15. The summed E-state index contributed by atoms with van der Waals surface area (Å²) in [5, 5.41) is 13.0. The molecular weight excluding hydrogens is 202 g/mol. The molecule has 16 heavy (non-hydrogen) atoms. The van der Waals surface area contributed by atoms with Crippen molar-refractivity contribution in [1.82, 2.24) is 14.7 Å². The molecule has 0 saturated carbocycles. The summed E-state index contributed by atoms with van der Waals surface area (Å²) >= 11 is 0. The SMILES string of the molecule is CCCCN(CCCO)Cc1ccnn1C. The quantitative estimate of drug-likeness (QED) is 0.727. The third kappa shape index (κ3) is 4.33. The van der Waals surface area contributed by atoms with E-state index in [1.165, 1.54) is 18.5 Å². The van der Waals surface area contributed by atoms with E-state index in [1.54, 1.807) is 0 Å². The van der Waals surface area contributed by atoms with E-state index >= 15 is 0 Å². The summed E-state index contributed by atoms with van der Waals surface area (Å²) in [6.07, 6.45) is 5.10. The minimum Gasteiger partial charge on any atom is -0.396 e. The maximum atomic E-state index is 8.88. The van der Waals surface area contributed by atoms with Crippen molar-refractivity contribution in [2.45, 2.75) is 32.7 Å². The zero-order valence-electron chi connectivity index (χ0n) is 10.4. The van der Waals surface area contributed by atoms with Crippen molar-refractivity contribution in [3.05, 3.63) is 18.0 Å². The van der Waals surface area contributed by atoms with Gasteiger partial charge in [-0.05, 0) is 25.5 Å². The normalized spacial score (nSPS) is 11.2. The van der Waals surface area contributed by atoms with Gasteiger partial charge >= 0.3 is 0 Å². The highest BCUT2D eigenvalue weighted by atomic mass is 16.3. The van der Waals surface area contributed by atoms with E-state index < -0.39 is 0 Å². The number of unbranched alkanes of at least 4 members (excludes halogenated alkanes) is 1. The first kappa shape index (κ1) is 13.2. The second-order valence-corrected chi connectivity index (χ2v) is 4.15. The van der Waals surface area contributed by atoms with Crippen molar-refractivity contribution >= 4 is 0 Å². The minimum atomic E-state index is 0.272. The Morgan fingerprint density at radius 1 is 1.38 bits per heavy atom. The van der Waals surface area contributed by atoms with Crippen molar-refractivity contribution in [3.63, 3.8) is 0 Å². The summed E-state index contributed by atoms with van der Waals surface area (Å²) in [6.45, 7) is 5.46. The van der Waals surface area contributed by atoms with Crippen LogP contribution < -0.4 is 0 Å². The fourth-order valence-corrected chi connectivity index (χ4v) is 1.73. The van der Waals surface area contributed by atoms with Crippen molar-refractivity contribution < 1.29 is 5.11 Å². The van der Waals surface area contributed by atoms with Gasteiger partial charge in [0.2, 0.25) is 0 Å². The third-order valence-corrected chi connectivity index (χ3v) is 2.77. The third-order valence-electron chi connectivity index (χ3n) is 2.77. The smallest absolute Gasteiger partial charge is 0.0521 e. The van der Waals surface area contributed by atoms with Crippen LogP contribution in [0.2, 0.25) is 0 Å². The molecule has 0 spiro atoms. The van der Waals surface area contributed by atoms with Gasteiger partial charge in [-0.3, -0.25) is 9.58 Å². The van der Waals surface area contributed by atoms with Gasteiger partial charge in [0, 0.05) is 32.9 Å². The lowest BCUT2D eigenvalue weighted by Gasteiger charge is -2.21. The second kappa shape index (κ2) is 7.41. The molecule has 1 N–H and O–H groups in total. The molecule has 0 aliphatic carbocycles. The monoisotopic (exact) mass is 225 g/mol. The number of nitrogens with zero attached hydrogens (tertiary/aromatic N) is 3. The summed E-state index contributed by atoms with van der Waals surface area (Å²) in [5.74, 6) is 0. The Kier molecular flexibility index (Phi) is 6.11. The molecule has 4 heteroatoms. The molecule has 1 aromatic heterocycles. The van der Waals surface area contributed by atoms with E-state index in [0.29, 0.717) is 0 Å². The molecule has 0 fully saturated rings. The van der Waals surface area contributed by atoms with Crippen LogP contribution in [0.3, 0.4) is 0 Å². The van der Waals surface area contributed by atoms with Gasteiger partial charge in [-0.25, -0.2) is 0 Å². The summed E-state index contributed by atoms with van der Waals surface area (Å²) in [7, 11) is 1.97. The highest BCUT2D eigenvalue weighted by Gasteiger charge is 2.07. The Morgan fingerprint density at radius 3 is 2.69 bits per heavy atom. The first-order chi connectivity index (χ1) is 7.77. The Hall–Kier alpha value is -0.870. The molecule has 1 rings (SSSR count). The minimum absolute atomic E-state index is 0.272. The highest BCUT2D eigenvalue weighted by molar-refractivity contribution is 4.99. The largest absolute Gasteiger partial charge is 0.396 e. The molecule has 1 heterocycles. The molecule has 1 aromatic rings. The van der Waals surface area contributed by atoms with Crippen LogP contribution in [-0.2, 0) is 13.6 Å². The molecule has 0 saturated heterocycles. The maximum Gasteiger partial charge on any atom is 0.0521 e. The standard InChI is InChI=1S/C12H23N3O/c1-3-4-8-15(9-5-10-16)11-12-6-7-13-14(12)2/h6-7,16H,3-5,8-11H2,1-2H3. The van der Waals surface area contributed by atoms with E-state index in [1.807, 2.05) is 17.9 Å². The van der Waals surface area contributed by atoms with Gasteiger partial charge in [0.05, 0.1) is 5.69 Å². The Bertz CT molecular complexity index is 278. The Labute approximate surface area is 97.9 Å².